The summed E-state index contributed by atoms with van der Waals surface area (Å²) in [5.74, 6) is -0.634. The highest BCUT2D eigenvalue weighted by Crippen LogP contribution is 2.18. The molecule has 0 radical (unpaired) electrons. The molecule has 1 saturated heterocycles. The largest absolute Gasteiger partial charge is 0.468 e. The van der Waals surface area contributed by atoms with E-state index in [9.17, 15) is 14.4 Å². The highest BCUT2D eigenvalue weighted by atomic mass is 16.5. The Kier molecular flexibility index (Phi) is 8.19. The molecule has 1 heterocycles. The lowest BCUT2D eigenvalue weighted by atomic mass is 10.00. The van der Waals surface area contributed by atoms with Crippen molar-refractivity contribution in [1.29, 1.82) is 0 Å². The summed E-state index contributed by atoms with van der Waals surface area (Å²) in [6.45, 7) is 0.304. The Bertz CT molecular complexity index is 1290. The van der Waals surface area contributed by atoms with Gasteiger partial charge in [-0.1, -0.05) is 60.7 Å². The second-order valence-corrected chi connectivity index (χ2v) is 8.76. The molecule has 1 aliphatic rings. The average molecular weight is 503 g/mol. The number of carbonyl (C=O) groups excluding carboxylic acids is 3. The topological polar surface area (TPSA) is 161 Å². The number of β-lactam (4-membered cyclic amide) rings is 1. The van der Waals surface area contributed by atoms with Crippen LogP contribution in [-0.4, -0.2) is 48.5 Å². The summed E-state index contributed by atoms with van der Waals surface area (Å²) in [7, 11) is 0. The number of amides is 3. The second kappa shape index (κ2) is 11.9. The fourth-order valence-electron chi connectivity index (χ4n) is 4.02. The molecular weight excluding hydrogens is 472 g/mol. The summed E-state index contributed by atoms with van der Waals surface area (Å²) in [4.78, 5) is 42.0. The number of ether oxygens (including phenoxy) is 1. The number of nitrogens with one attached hydrogen (secondary N) is 3. The molecule has 37 heavy (non-hydrogen) atoms. The summed E-state index contributed by atoms with van der Waals surface area (Å²) in [5, 5.41) is 10.3. The van der Waals surface area contributed by atoms with E-state index < -0.39 is 24.2 Å². The van der Waals surface area contributed by atoms with Crippen molar-refractivity contribution in [1.82, 2.24) is 16.0 Å². The molecule has 0 saturated carbocycles. The minimum atomic E-state index is -0.900. The molecule has 0 spiro atoms. The van der Waals surface area contributed by atoms with Gasteiger partial charge in [0.05, 0.1) is 0 Å². The molecule has 1 aliphatic heterocycles. The maximum absolute atomic E-state index is 13.3. The number of aliphatic imine (C=N–C) groups is 1. The van der Waals surface area contributed by atoms with Crippen LogP contribution in [0.3, 0.4) is 0 Å². The highest BCUT2D eigenvalue weighted by molar-refractivity contribution is 5.95. The minimum absolute atomic E-state index is 0.0417. The first kappa shape index (κ1) is 25.5. The van der Waals surface area contributed by atoms with E-state index in [2.05, 4.69) is 20.9 Å². The van der Waals surface area contributed by atoms with Crippen molar-refractivity contribution >= 4 is 34.5 Å². The van der Waals surface area contributed by atoms with E-state index in [-0.39, 0.29) is 30.6 Å². The van der Waals surface area contributed by atoms with Crippen molar-refractivity contribution in [3.05, 3.63) is 78.4 Å². The van der Waals surface area contributed by atoms with Crippen LogP contribution in [-0.2, 0) is 20.8 Å². The number of guanidine groups is 1. The monoisotopic (exact) mass is 502 g/mol. The Morgan fingerprint density at radius 3 is 2.46 bits per heavy atom. The van der Waals surface area contributed by atoms with Gasteiger partial charge in [0.15, 0.2) is 12.0 Å². The van der Waals surface area contributed by atoms with E-state index in [0.29, 0.717) is 18.7 Å². The number of carbonyl (C=O) groups is 3. The third kappa shape index (κ3) is 6.97. The number of nitrogens with zero attached hydrogens (tertiary/aromatic N) is 1. The number of nitrogens with two attached hydrogens (primary N) is 2. The molecule has 3 atom stereocenters. The zero-order valence-corrected chi connectivity index (χ0v) is 20.2. The summed E-state index contributed by atoms with van der Waals surface area (Å²) < 4.78 is 5.78. The third-order valence-corrected chi connectivity index (χ3v) is 5.94. The van der Waals surface area contributed by atoms with E-state index in [1.165, 1.54) is 0 Å². The summed E-state index contributed by atoms with van der Waals surface area (Å²) in [6.07, 6.45) is 0.0959. The standard InChI is InChI=1S/C27H30N6O4/c28-27(29)30-14-6-11-22(34)31-21(16-17-12-13-18-7-4-5-8-19(18)15-17)24(35)32-23-25(36)33-26(23)37-20-9-2-1-3-10-20/h1-5,7-10,12-13,15,21,23,26H,6,11,14,16H2,(H,31,34)(H,32,35)(H,33,36)(H4,28,29,30). The van der Waals surface area contributed by atoms with Gasteiger partial charge in [-0.05, 0) is 34.9 Å². The van der Waals surface area contributed by atoms with Gasteiger partial charge in [-0.2, -0.15) is 0 Å². The van der Waals surface area contributed by atoms with Crippen LogP contribution >= 0.6 is 0 Å². The van der Waals surface area contributed by atoms with Gasteiger partial charge < -0.3 is 32.2 Å². The van der Waals surface area contributed by atoms with E-state index in [1.807, 2.05) is 60.7 Å². The summed E-state index contributed by atoms with van der Waals surface area (Å²) in [6, 6.07) is 21.0. The molecule has 10 nitrogen and oxygen atoms in total. The predicted molar refractivity (Wildman–Crippen MR) is 140 cm³/mol. The van der Waals surface area contributed by atoms with E-state index >= 15 is 0 Å². The van der Waals surface area contributed by atoms with Crippen molar-refractivity contribution < 1.29 is 19.1 Å². The lowest BCUT2D eigenvalue weighted by Gasteiger charge is -2.37. The molecule has 0 bridgehead atoms. The van der Waals surface area contributed by atoms with Crippen molar-refractivity contribution in [2.45, 2.75) is 37.6 Å². The number of para-hydroxylation sites is 1. The van der Waals surface area contributed by atoms with Crippen molar-refractivity contribution in [2.24, 2.45) is 16.5 Å². The van der Waals surface area contributed by atoms with Gasteiger partial charge in [-0.15, -0.1) is 0 Å². The van der Waals surface area contributed by atoms with Gasteiger partial charge >= 0.3 is 0 Å². The van der Waals surface area contributed by atoms with Crippen molar-refractivity contribution in [3.63, 3.8) is 0 Å². The van der Waals surface area contributed by atoms with Crippen LogP contribution < -0.4 is 32.2 Å². The van der Waals surface area contributed by atoms with Crippen LogP contribution in [0.25, 0.3) is 10.8 Å². The minimum Gasteiger partial charge on any atom is -0.468 e. The maximum atomic E-state index is 13.3. The molecule has 4 rings (SSSR count). The average Bonchev–Trinajstić information content (AvgIpc) is 2.89. The molecular formula is C27H30N6O4. The molecule has 3 amide bonds. The molecule has 0 aliphatic carbocycles. The normalized spacial score (nSPS) is 17.1. The smallest absolute Gasteiger partial charge is 0.251 e. The van der Waals surface area contributed by atoms with Crippen LogP contribution in [0.15, 0.2) is 77.8 Å². The Morgan fingerprint density at radius 1 is 1.00 bits per heavy atom. The van der Waals surface area contributed by atoms with Crippen LogP contribution in [0.4, 0.5) is 0 Å². The summed E-state index contributed by atoms with van der Waals surface area (Å²) in [5.41, 5.74) is 11.5. The molecule has 1 fully saturated rings. The van der Waals surface area contributed by atoms with E-state index in [0.717, 1.165) is 16.3 Å². The van der Waals surface area contributed by atoms with Gasteiger partial charge in [0.1, 0.15) is 11.8 Å². The fourth-order valence-corrected chi connectivity index (χ4v) is 4.02. The van der Waals surface area contributed by atoms with Gasteiger partial charge in [0.2, 0.25) is 18.0 Å². The maximum Gasteiger partial charge on any atom is 0.251 e. The number of benzene rings is 3. The Morgan fingerprint density at radius 2 is 1.73 bits per heavy atom. The predicted octanol–water partition coefficient (Wildman–Crippen LogP) is 0.940. The number of fused-ring (bicyclic) bond motifs is 1. The lowest BCUT2D eigenvalue weighted by molar-refractivity contribution is -0.144. The van der Waals surface area contributed by atoms with Crippen molar-refractivity contribution in [3.8, 4) is 5.75 Å². The summed E-state index contributed by atoms with van der Waals surface area (Å²) >= 11 is 0. The molecule has 192 valence electrons. The van der Waals surface area contributed by atoms with Crippen LogP contribution in [0, 0.1) is 0 Å². The quantitative estimate of drug-likeness (QED) is 0.113. The van der Waals surface area contributed by atoms with Crippen LogP contribution in [0.2, 0.25) is 0 Å². The van der Waals surface area contributed by atoms with Crippen LogP contribution in [0.1, 0.15) is 18.4 Å². The molecule has 3 unspecified atom stereocenters. The molecule has 0 aromatic heterocycles. The van der Waals surface area contributed by atoms with Crippen molar-refractivity contribution in [2.75, 3.05) is 6.54 Å². The SMILES string of the molecule is NC(N)=NCCCC(=O)NC(Cc1ccc2ccccc2c1)C(=O)NC1C(=O)NC1Oc1ccccc1. The van der Waals surface area contributed by atoms with E-state index in [1.54, 1.807) is 12.1 Å². The number of hydrogen-bond acceptors (Lipinski definition) is 5. The third-order valence-electron chi connectivity index (χ3n) is 5.94. The Hall–Kier alpha value is -4.60. The molecule has 7 N–H and O–H groups in total. The molecule has 3 aromatic carbocycles. The fraction of sp³-hybridized carbons (Fsp3) is 0.259. The first-order valence-electron chi connectivity index (χ1n) is 12.0. The van der Waals surface area contributed by atoms with Crippen LogP contribution in [0.5, 0.6) is 5.75 Å². The lowest BCUT2D eigenvalue weighted by Crippen LogP contribution is -2.72. The molecule has 10 heteroatoms. The van der Waals surface area contributed by atoms with Gasteiger partial charge in [0, 0.05) is 19.4 Å². The first-order chi connectivity index (χ1) is 17.9. The zero-order valence-electron chi connectivity index (χ0n) is 20.2. The number of hydrogen-bond donors (Lipinski definition) is 5. The molecule has 3 aromatic rings. The first-order valence-corrected chi connectivity index (χ1v) is 12.0. The Balaban J connectivity index is 1.45. The van der Waals surface area contributed by atoms with Gasteiger partial charge in [0.25, 0.3) is 5.91 Å². The second-order valence-electron chi connectivity index (χ2n) is 8.76. The van der Waals surface area contributed by atoms with Gasteiger partial charge in [-0.3, -0.25) is 19.4 Å². The zero-order chi connectivity index (χ0) is 26.2. The Labute approximate surface area is 214 Å². The number of rotatable bonds is 11. The van der Waals surface area contributed by atoms with Gasteiger partial charge in [-0.25, -0.2) is 0 Å². The highest BCUT2D eigenvalue weighted by Gasteiger charge is 2.43. The van der Waals surface area contributed by atoms with E-state index in [4.69, 9.17) is 16.2 Å².